The van der Waals surface area contributed by atoms with E-state index in [9.17, 15) is 18.0 Å². The summed E-state index contributed by atoms with van der Waals surface area (Å²) in [4.78, 5) is 29.5. The van der Waals surface area contributed by atoms with E-state index in [2.05, 4.69) is 9.88 Å². The number of amides is 1. The summed E-state index contributed by atoms with van der Waals surface area (Å²) in [6.07, 6.45) is 0.356. The average molecular weight is 578 g/mol. The molecule has 3 fully saturated rings. The lowest BCUT2D eigenvalue weighted by atomic mass is 9.89. The number of nitrogens with zero attached hydrogens (tertiary/aromatic N) is 3. The Bertz CT molecular complexity index is 1450. The number of ether oxygens (including phenoxy) is 1. The number of benzene rings is 2. The lowest BCUT2D eigenvalue weighted by molar-refractivity contribution is -0.192. The maximum absolute atomic E-state index is 15.1. The molecule has 2 aliphatic heterocycles. The molecule has 2 aromatic carbocycles. The number of aliphatic carboxylic acids is 1. The van der Waals surface area contributed by atoms with E-state index >= 15 is 8.78 Å². The first-order valence-electron chi connectivity index (χ1n) is 13.2. The predicted molar refractivity (Wildman–Crippen MR) is 139 cm³/mol. The van der Waals surface area contributed by atoms with Gasteiger partial charge in [0.25, 0.3) is 0 Å². The third-order valence-corrected chi connectivity index (χ3v) is 7.75. The largest absolute Gasteiger partial charge is 0.490 e. The zero-order chi connectivity index (χ0) is 29.4. The monoisotopic (exact) mass is 577 g/mol. The fourth-order valence-electron chi connectivity index (χ4n) is 5.29. The quantitative estimate of drug-likeness (QED) is 0.431. The molecule has 12 heteroatoms. The number of likely N-dealkylation sites (tertiary alicyclic amines) is 1. The van der Waals surface area contributed by atoms with Crippen molar-refractivity contribution in [3.63, 3.8) is 0 Å². The summed E-state index contributed by atoms with van der Waals surface area (Å²) in [5.74, 6) is -4.28. The molecule has 1 aliphatic carbocycles. The lowest BCUT2D eigenvalue weighted by Crippen LogP contribution is -2.59. The number of halogens is 5. The summed E-state index contributed by atoms with van der Waals surface area (Å²) in [6, 6.07) is 13.0. The number of rotatable bonds is 4. The number of hydrogen-bond acceptors (Lipinski definition) is 5. The Morgan fingerprint density at radius 3 is 2.44 bits per heavy atom. The number of carboxylic acids is 1. The van der Waals surface area contributed by atoms with Gasteiger partial charge in [-0.2, -0.15) is 13.2 Å². The molecule has 1 saturated carbocycles. The Morgan fingerprint density at radius 2 is 1.78 bits per heavy atom. The molecule has 0 radical (unpaired) electrons. The van der Waals surface area contributed by atoms with E-state index in [1.807, 2.05) is 23.1 Å². The molecule has 1 spiro atoms. The van der Waals surface area contributed by atoms with Crippen LogP contribution >= 0.6 is 0 Å². The van der Waals surface area contributed by atoms with E-state index in [-0.39, 0.29) is 23.7 Å². The van der Waals surface area contributed by atoms with E-state index in [0.717, 1.165) is 49.7 Å². The standard InChI is InChI=1S/C27H27F2N3O2.C2HF3O2/c28-25-20(5-8-22(26(25)29)19-4-3-18-2-1-11-30-23(18)14-19)15-31-12-9-27(10-13-31)17-32(21-6-7-21)24(33)16-34-27;3-2(4,5)1(6)7/h1-5,8,11,14,21H,6-7,9-10,12-13,15-17H2;(H,6,7). The highest BCUT2D eigenvalue weighted by Crippen LogP contribution is 2.37. The smallest absolute Gasteiger partial charge is 0.475 e. The van der Waals surface area contributed by atoms with Gasteiger partial charge in [0.2, 0.25) is 5.91 Å². The zero-order valence-electron chi connectivity index (χ0n) is 22.0. The van der Waals surface area contributed by atoms with Crippen molar-refractivity contribution in [3.05, 3.63) is 65.9 Å². The average Bonchev–Trinajstić information content (AvgIpc) is 3.79. The molecule has 3 aliphatic rings. The fourth-order valence-corrected chi connectivity index (χ4v) is 5.29. The van der Waals surface area contributed by atoms with Gasteiger partial charge in [0.15, 0.2) is 11.6 Å². The van der Waals surface area contributed by atoms with Crippen LogP contribution in [0.5, 0.6) is 0 Å². The van der Waals surface area contributed by atoms with Crippen molar-refractivity contribution in [1.82, 2.24) is 14.8 Å². The van der Waals surface area contributed by atoms with Gasteiger partial charge < -0.3 is 14.7 Å². The first kappa shape index (κ1) is 28.9. The highest BCUT2D eigenvalue weighted by molar-refractivity contribution is 5.84. The number of carbonyl (C=O) groups is 2. The minimum Gasteiger partial charge on any atom is -0.475 e. The Morgan fingerprint density at radius 1 is 1.07 bits per heavy atom. The van der Waals surface area contributed by atoms with Crippen molar-refractivity contribution in [2.75, 3.05) is 26.2 Å². The highest BCUT2D eigenvalue weighted by Gasteiger charge is 2.46. The summed E-state index contributed by atoms with van der Waals surface area (Å²) in [5, 5.41) is 8.08. The second-order valence-corrected chi connectivity index (χ2v) is 10.6. The van der Waals surface area contributed by atoms with Crippen LogP contribution in [0.25, 0.3) is 22.0 Å². The molecule has 2 saturated heterocycles. The molecular formula is C29H28F5N3O4. The second-order valence-electron chi connectivity index (χ2n) is 10.6. The van der Waals surface area contributed by atoms with Crippen molar-refractivity contribution in [1.29, 1.82) is 0 Å². The van der Waals surface area contributed by atoms with Gasteiger partial charge in [-0.15, -0.1) is 0 Å². The zero-order valence-corrected chi connectivity index (χ0v) is 22.0. The number of fused-ring (bicyclic) bond motifs is 1. The molecule has 41 heavy (non-hydrogen) atoms. The van der Waals surface area contributed by atoms with Crippen LogP contribution in [0.1, 0.15) is 31.2 Å². The number of alkyl halides is 3. The number of hydrogen-bond donors (Lipinski definition) is 1. The van der Waals surface area contributed by atoms with Gasteiger partial charge in [-0.1, -0.05) is 30.3 Å². The first-order valence-corrected chi connectivity index (χ1v) is 13.2. The van der Waals surface area contributed by atoms with Crippen molar-refractivity contribution >= 4 is 22.8 Å². The van der Waals surface area contributed by atoms with Gasteiger partial charge in [-0.25, -0.2) is 13.6 Å². The van der Waals surface area contributed by atoms with Crippen LogP contribution in [-0.4, -0.2) is 75.8 Å². The molecule has 3 heterocycles. The van der Waals surface area contributed by atoms with Crippen LogP contribution < -0.4 is 0 Å². The summed E-state index contributed by atoms with van der Waals surface area (Å²) in [6.45, 7) is 2.62. The highest BCUT2D eigenvalue weighted by atomic mass is 19.4. The van der Waals surface area contributed by atoms with Gasteiger partial charge in [0.05, 0.1) is 17.7 Å². The van der Waals surface area contributed by atoms with E-state index < -0.39 is 23.8 Å². The molecule has 1 amide bonds. The second kappa shape index (κ2) is 11.3. The maximum Gasteiger partial charge on any atom is 0.490 e. The van der Waals surface area contributed by atoms with Crippen LogP contribution in [0, 0.1) is 11.6 Å². The first-order chi connectivity index (χ1) is 19.5. The van der Waals surface area contributed by atoms with Crippen LogP contribution in [0.2, 0.25) is 0 Å². The summed E-state index contributed by atoms with van der Waals surface area (Å²) in [7, 11) is 0. The number of piperidine rings is 1. The van der Waals surface area contributed by atoms with Crippen LogP contribution in [0.4, 0.5) is 22.0 Å². The molecule has 218 valence electrons. The molecule has 0 unspecified atom stereocenters. The van der Waals surface area contributed by atoms with E-state index in [4.69, 9.17) is 14.6 Å². The Balaban J connectivity index is 0.000000431. The SMILES string of the molecule is O=C(O)C(F)(F)F.O=C1COC2(CCN(Cc3ccc(-c4ccc5cccnc5c4)c(F)c3F)CC2)CN1C1CC1. The predicted octanol–water partition coefficient (Wildman–Crippen LogP) is 5.17. The molecule has 7 nitrogen and oxygen atoms in total. The van der Waals surface area contributed by atoms with Crippen molar-refractivity contribution in [2.24, 2.45) is 0 Å². The number of morpholine rings is 1. The topological polar surface area (TPSA) is 83.0 Å². The van der Waals surface area contributed by atoms with Crippen molar-refractivity contribution in [3.8, 4) is 11.1 Å². The summed E-state index contributed by atoms with van der Waals surface area (Å²) in [5.41, 5.74) is 1.66. The van der Waals surface area contributed by atoms with Gasteiger partial charge in [-0.05, 0) is 43.4 Å². The van der Waals surface area contributed by atoms with Crippen LogP contribution in [-0.2, 0) is 20.9 Å². The molecular weight excluding hydrogens is 549 g/mol. The van der Waals surface area contributed by atoms with Crippen molar-refractivity contribution < 1.29 is 41.4 Å². The molecule has 1 aromatic heterocycles. The van der Waals surface area contributed by atoms with Gasteiger partial charge in [0, 0.05) is 48.4 Å². The Labute approximate surface area is 232 Å². The maximum atomic E-state index is 15.1. The normalized spacial score (nSPS) is 19.2. The van der Waals surface area contributed by atoms with E-state index in [0.29, 0.717) is 30.3 Å². The number of carbonyl (C=O) groups excluding carboxylic acids is 1. The Kier molecular flexibility index (Phi) is 7.97. The number of pyridine rings is 1. The van der Waals surface area contributed by atoms with Gasteiger partial charge in [-0.3, -0.25) is 14.7 Å². The number of carboxylic acid groups (broad SMARTS) is 1. The van der Waals surface area contributed by atoms with Gasteiger partial charge in [0.1, 0.15) is 6.61 Å². The minimum absolute atomic E-state index is 0.0929. The minimum atomic E-state index is -5.08. The van der Waals surface area contributed by atoms with E-state index in [1.54, 1.807) is 30.5 Å². The molecule has 0 atom stereocenters. The van der Waals surface area contributed by atoms with Crippen molar-refractivity contribution in [2.45, 2.75) is 50.0 Å². The lowest BCUT2D eigenvalue weighted by Gasteiger charge is -2.47. The molecule has 1 N–H and O–H groups in total. The molecule has 6 rings (SSSR count). The fraction of sp³-hybridized carbons (Fsp3) is 0.414. The van der Waals surface area contributed by atoms with E-state index in [1.165, 1.54) is 0 Å². The van der Waals surface area contributed by atoms with Gasteiger partial charge >= 0.3 is 12.1 Å². The van der Waals surface area contributed by atoms with Crippen LogP contribution in [0.3, 0.4) is 0 Å². The molecule has 3 aromatic rings. The van der Waals surface area contributed by atoms with Crippen LogP contribution in [0.15, 0.2) is 48.7 Å². The molecule has 0 bridgehead atoms. The summed E-state index contributed by atoms with van der Waals surface area (Å²) >= 11 is 0. The third kappa shape index (κ3) is 6.48. The summed E-state index contributed by atoms with van der Waals surface area (Å²) < 4.78 is 67.9. The Hall–Kier alpha value is -3.64. The number of aromatic nitrogens is 1. The third-order valence-electron chi connectivity index (χ3n) is 7.75.